The number of aliphatic hydroxyl groups excluding tert-OH is 1. The van der Waals surface area contributed by atoms with Crippen molar-refractivity contribution in [2.75, 3.05) is 13.2 Å². The first-order valence-electron chi connectivity index (χ1n) is 9.27. The number of aromatic nitrogens is 1. The van der Waals surface area contributed by atoms with Gasteiger partial charge in [-0.05, 0) is 56.0 Å². The molecular formula is C22H28N2O2. The smallest absolute Gasteiger partial charge is 0.129 e. The number of aliphatic hydroxyl groups is 1. The lowest BCUT2D eigenvalue weighted by atomic mass is 10.1. The summed E-state index contributed by atoms with van der Waals surface area (Å²) in [5.74, 6) is 0.817. The minimum absolute atomic E-state index is 0.280. The molecule has 0 amide bonds. The van der Waals surface area contributed by atoms with Crippen molar-refractivity contribution in [3.8, 4) is 5.75 Å². The summed E-state index contributed by atoms with van der Waals surface area (Å²) in [5.41, 5.74) is 3.54. The third kappa shape index (κ3) is 5.10. The van der Waals surface area contributed by atoms with Gasteiger partial charge in [-0.15, -0.1) is 0 Å². The number of nitrogens with one attached hydrogen (secondary N) is 2. The van der Waals surface area contributed by atoms with Gasteiger partial charge in [-0.1, -0.05) is 30.3 Å². The molecule has 0 saturated carbocycles. The lowest BCUT2D eigenvalue weighted by molar-refractivity contribution is 0.104. The maximum absolute atomic E-state index is 10.2. The first-order chi connectivity index (χ1) is 12.6. The third-order valence-electron chi connectivity index (χ3n) is 4.62. The standard InChI is InChI=1S/C22H28N2O2/c1-16-12-21-20(10-11-23-21)22(13-16)26-15-19(25)14-24-17(2)8-9-18-6-4-3-5-7-18/h3-7,10-13,17,19,23-25H,8-9,14-15H2,1-2H3. The van der Waals surface area contributed by atoms with Crippen LogP contribution in [0, 0.1) is 6.92 Å². The molecule has 0 aliphatic heterocycles. The van der Waals surface area contributed by atoms with Crippen molar-refractivity contribution in [3.63, 3.8) is 0 Å². The largest absolute Gasteiger partial charge is 0.490 e. The zero-order valence-corrected chi connectivity index (χ0v) is 15.5. The Bertz CT molecular complexity index is 813. The Hall–Kier alpha value is -2.30. The Balaban J connectivity index is 1.42. The minimum atomic E-state index is -0.538. The van der Waals surface area contributed by atoms with E-state index in [2.05, 4.69) is 47.6 Å². The Kier molecular flexibility index (Phi) is 6.31. The van der Waals surface area contributed by atoms with Crippen LogP contribution in [0.3, 0.4) is 0 Å². The molecule has 0 aliphatic rings. The number of aryl methyl sites for hydroxylation is 2. The summed E-state index contributed by atoms with van der Waals surface area (Å²) in [6.07, 6.45) is 3.45. The van der Waals surface area contributed by atoms with E-state index in [1.165, 1.54) is 5.56 Å². The van der Waals surface area contributed by atoms with E-state index in [1.807, 2.05) is 31.3 Å². The van der Waals surface area contributed by atoms with Crippen LogP contribution in [0.2, 0.25) is 0 Å². The summed E-state index contributed by atoms with van der Waals surface area (Å²) >= 11 is 0. The molecule has 0 fully saturated rings. The fourth-order valence-corrected chi connectivity index (χ4v) is 3.10. The summed E-state index contributed by atoms with van der Waals surface area (Å²) < 4.78 is 5.87. The first kappa shape index (κ1) is 18.5. The summed E-state index contributed by atoms with van der Waals surface area (Å²) in [6, 6.07) is 16.9. The van der Waals surface area contributed by atoms with Gasteiger partial charge in [-0.3, -0.25) is 0 Å². The average molecular weight is 352 g/mol. The van der Waals surface area contributed by atoms with Gasteiger partial charge in [0.25, 0.3) is 0 Å². The molecule has 0 bridgehead atoms. The van der Waals surface area contributed by atoms with E-state index in [-0.39, 0.29) is 6.61 Å². The molecule has 0 saturated heterocycles. The van der Waals surface area contributed by atoms with Crippen molar-refractivity contribution < 1.29 is 9.84 Å². The van der Waals surface area contributed by atoms with E-state index in [0.717, 1.165) is 35.1 Å². The highest BCUT2D eigenvalue weighted by Gasteiger charge is 2.10. The van der Waals surface area contributed by atoms with Gasteiger partial charge in [0, 0.05) is 29.7 Å². The van der Waals surface area contributed by atoms with Crippen molar-refractivity contribution in [3.05, 3.63) is 65.9 Å². The second-order valence-electron chi connectivity index (χ2n) is 7.00. The quantitative estimate of drug-likeness (QED) is 0.549. The number of H-pyrrole nitrogens is 1. The van der Waals surface area contributed by atoms with E-state index < -0.39 is 6.10 Å². The Morgan fingerprint density at radius 3 is 2.77 bits per heavy atom. The van der Waals surface area contributed by atoms with Crippen LogP contribution in [0.4, 0.5) is 0 Å². The van der Waals surface area contributed by atoms with Crippen LogP contribution < -0.4 is 10.1 Å². The molecule has 3 N–H and O–H groups in total. The highest BCUT2D eigenvalue weighted by molar-refractivity contribution is 5.86. The number of rotatable bonds is 9. The van der Waals surface area contributed by atoms with Gasteiger partial charge < -0.3 is 20.1 Å². The summed E-state index contributed by atoms with van der Waals surface area (Å²) in [5, 5.41) is 14.7. The number of fused-ring (bicyclic) bond motifs is 1. The second kappa shape index (κ2) is 8.88. The van der Waals surface area contributed by atoms with Crippen LogP contribution in [-0.2, 0) is 6.42 Å². The highest BCUT2D eigenvalue weighted by Crippen LogP contribution is 2.26. The summed E-state index contributed by atoms with van der Waals surface area (Å²) in [4.78, 5) is 3.20. The zero-order chi connectivity index (χ0) is 18.4. The van der Waals surface area contributed by atoms with E-state index in [0.29, 0.717) is 12.6 Å². The Morgan fingerprint density at radius 2 is 1.96 bits per heavy atom. The van der Waals surface area contributed by atoms with Crippen molar-refractivity contribution >= 4 is 10.9 Å². The van der Waals surface area contributed by atoms with Crippen LogP contribution in [0.5, 0.6) is 5.75 Å². The molecule has 0 spiro atoms. The fraction of sp³-hybridized carbons (Fsp3) is 0.364. The molecule has 1 heterocycles. The average Bonchev–Trinajstić information content (AvgIpc) is 3.12. The van der Waals surface area contributed by atoms with Gasteiger partial charge in [0.2, 0.25) is 0 Å². The van der Waals surface area contributed by atoms with Gasteiger partial charge in [0.1, 0.15) is 18.5 Å². The molecule has 2 atom stereocenters. The molecule has 26 heavy (non-hydrogen) atoms. The van der Waals surface area contributed by atoms with E-state index in [1.54, 1.807) is 0 Å². The number of ether oxygens (including phenoxy) is 1. The Labute approximate surface area is 155 Å². The number of hydrogen-bond acceptors (Lipinski definition) is 3. The van der Waals surface area contributed by atoms with Crippen molar-refractivity contribution in [1.82, 2.24) is 10.3 Å². The van der Waals surface area contributed by atoms with Gasteiger partial charge in [0.15, 0.2) is 0 Å². The lowest BCUT2D eigenvalue weighted by Gasteiger charge is -2.18. The van der Waals surface area contributed by atoms with Crippen LogP contribution >= 0.6 is 0 Å². The van der Waals surface area contributed by atoms with Crippen molar-refractivity contribution in [1.29, 1.82) is 0 Å². The Morgan fingerprint density at radius 1 is 1.15 bits per heavy atom. The topological polar surface area (TPSA) is 57.3 Å². The molecule has 0 radical (unpaired) electrons. The fourth-order valence-electron chi connectivity index (χ4n) is 3.10. The van der Waals surface area contributed by atoms with Crippen molar-refractivity contribution in [2.24, 2.45) is 0 Å². The SMILES string of the molecule is Cc1cc(OCC(O)CNC(C)CCc2ccccc2)c2cc[nH]c2c1. The molecule has 138 valence electrons. The van der Waals surface area contributed by atoms with Crippen molar-refractivity contribution in [2.45, 2.75) is 38.8 Å². The predicted molar refractivity (Wildman–Crippen MR) is 107 cm³/mol. The van der Waals surface area contributed by atoms with Crippen LogP contribution in [0.15, 0.2) is 54.7 Å². The van der Waals surface area contributed by atoms with E-state index >= 15 is 0 Å². The minimum Gasteiger partial charge on any atom is -0.490 e. The maximum atomic E-state index is 10.2. The van der Waals surface area contributed by atoms with Gasteiger partial charge in [0.05, 0.1) is 0 Å². The van der Waals surface area contributed by atoms with Gasteiger partial charge >= 0.3 is 0 Å². The highest BCUT2D eigenvalue weighted by atomic mass is 16.5. The van der Waals surface area contributed by atoms with Crippen LogP contribution in [0.25, 0.3) is 10.9 Å². The number of hydrogen-bond donors (Lipinski definition) is 3. The van der Waals surface area contributed by atoms with E-state index in [4.69, 9.17) is 4.74 Å². The van der Waals surface area contributed by atoms with Crippen LogP contribution in [0.1, 0.15) is 24.5 Å². The summed E-state index contributed by atoms with van der Waals surface area (Å²) in [7, 11) is 0. The summed E-state index contributed by atoms with van der Waals surface area (Å²) in [6.45, 7) is 5.00. The monoisotopic (exact) mass is 352 g/mol. The normalized spacial score (nSPS) is 13.7. The number of benzene rings is 2. The van der Waals surface area contributed by atoms with Crippen LogP contribution in [-0.4, -0.2) is 35.4 Å². The molecule has 3 aromatic rings. The number of aromatic amines is 1. The molecule has 4 heteroatoms. The van der Waals surface area contributed by atoms with Gasteiger partial charge in [-0.25, -0.2) is 0 Å². The predicted octanol–water partition coefficient (Wildman–Crippen LogP) is 3.83. The third-order valence-corrected chi connectivity index (χ3v) is 4.62. The molecule has 0 aliphatic carbocycles. The first-order valence-corrected chi connectivity index (χ1v) is 9.27. The molecule has 2 aromatic carbocycles. The lowest BCUT2D eigenvalue weighted by Crippen LogP contribution is -2.36. The van der Waals surface area contributed by atoms with E-state index in [9.17, 15) is 5.11 Å². The maximum Gasteiger partial charge on any atom is 0.129 e. The molecule has 2 unspecified atom stereocenters. The molecule has 1 aromatic heterocycles. The second-order valence-corrected chi connectivity index (χ2v) is 7.00. The molecule has 3 rings (SSSR count). The van der Waals surface area contributed by atoms with Gasteiger partial charge in [-0.2, -0.15) is 0 Å². The molecule has 4 nitrogen and oxygen atoms in total. The molecular weight excluding hydrogens is 324 g/mol. The zero-order valence-electron chi connectivity index (χ0n) is 15.5.